The maximum atomic E-state index is 10.9. The average molecular weight is 234 g/mol. The van der Waals surface area contributed by atoms with E-state index in [0.717, 1.165) is 0 Å². The van der Waals surface area contributed by atoms with Crippen molar-refractivity contribution >= 4 is 5.97 Å². The molecule has 3 nitrogen and oxygen atoms in total. The molecule has 1 unspecified atom stereocenters. The molecule has 0 amide bonds. The third-order valence-electron chi connectivity index (χ3n) is 3.82. The first-order valence-electron chi connectivity index (χ1n) is 5.92. The lowest BCUT2D eigenvalue weighted by Crippen LogP contribution is -2.52. The lowest BCUT2D eigenvalue weighted by Gasteiger charge is -2.47. The fourth-order valence-electron chi connectivity index (χ4n) is 2.62. The van der Waals surface area contributed by atoms with Crippen LogP contribution in [0, 0.1) is 12.8 Å². The summed E-state index contributed by atoms with van der Waals surface area (Å²) in [5.74, 6) is -0.646. The van der Waals surface area contributed by atoms with Crippen molar-refractivity contribution in [2.75, 3.05) is 13.2 Å². The molecule has 1 aliphatic heterocycles. The summed E-state index contributed by atoms with van der Waals surface area (Å²) in [6.45, 7) is 5.34. The van der Waals surface area contributed by atoms with Gasteiger partial charge in [-0.25, -0.2) is 0 Å². The summed E-state index contributed by atoms with van der Waals surface area (Å²) in [6.07, 6.45) is 0.192. The number of ether oxygens (including phenoxy) is 1. The van der Waals surface area contributed by atoms with Crippen LogP contribution in [-0.4, -0.2) is 24.3 Å². The molecule has 1 atom stereocenters. The van der Waals surface area contributed by atoms with Gasteiger partial charge in [0.1, 0.15) is 0 Å². The van der Waals surface area contributed by atoms with Gasteiger partial charge in [-0.2, -0.15) is 0 Å². The van der Waals surface area contributed by atoms with Crippen molar-refractivity contribution in [2.45, 2.75) is 25.7 Å². The highest BCUT2D eigenvalue weighted by Crippen LogP contribution is 2.42. The van der Waals surface area contributed by atoms with Gasteiger partial charge in [0.25, 0.3) is 0 Å². The molecular formula is C14H18O3. The van der Waals surface area contributed by atoms with Gasteiger partial charge in [0.2, 0.25) is 0 Å². The average Bonchev–Trinajstić information content (AvgIpc) is 2.18. The van der Waals surface area contributed by atoms with Gasteiger partial charge < -0.3 is 9.84 Å². The lowest BCUT2D eigenvalue weighted by atomic mass is 9.67. The molecule has 1 aromatic rings. The molecule has 0 spiro atoms. The highest BCUT2D eigenvalue weighted by molar-refractivity contribution is 5.67. The van der Waals surface area contributed by atoms with Crippen LogP contribution in [0.4, 0.5) is 0 Å². The van der Waals surface area contributed by atoms with Crippen LogP contribution in [0.2, 0.25) is 0 Å². The lowest BCUT2D eigenvalue weighted by molar-refractivity contribution is -0.142. The molecule has 2 rings (SSSR count). The molecule has 0 aliphatic carbocycles. The van der Waals surface area contributed by atoms with Crippen molar-refractivity contribution in [1.29, 1.82) is 0 Å². The van der Waals surface area contributed by atoms with Crippen molar-refractivity contribution in [1.82, 2.24) is 0 Å². The van der Waals surface area contributed by atoms with E-state index in [0.29, 0.717) is 13.2 Å². The Balaban J connectivity index is 2.31. The van der Waals surface area contributed by atoms with E-state index >= 15 is 0 Å². The van der Waals surface area contributed by atoms with Crippen LogP contribution in [-0.2, 0) is 14.9 Å². The highest BCUT2D eigenvalue weighted by atomic mass is 16.5. The second-order valence-electron chi connectivity index (χ2n) is 4.96. The molecule has 1 heterocycles. The van der Waals surface area contributed by atoms with Crippen LogP contribution < -0.4 is 0 Å². The molecule has 1 fully saturated rings. The van der Waals surface area contributed by atoms with Crippen molar-refractivity contribution in [3.05, 3.63) is 35.4 Å². The Kier molecular flexibility index (Phi) is 3.20. The van der Waals surface area contributed by atoms with E-state index in [2.05, 4.69) is 19.1 Å². The smallest absolute Gasteiger partial charge is 0.303 e. The van der Waals surface area contributed by atoms with E-state index < -0.39 is 5.97 Å². The summed E-state index contributed by atoms with van der Waals surface area (Å²) in [7, 11) is 0. The van der Waals surface area contributed by atoms with E-state index in [1.165, 1.54) is 11.1 Å². The fraction of sp³-hybridized carbons (Fsp3) is 0.500. The summed E-state index contributed by atoms with van der Waals surface area (Å²) in [4.78, 5) is 10.9. The normalized spacial score (nSPS) is 19.4. The molecule has 92 valence electrons. The predicted molar refractivity (Wildman–Crippen MR) is 65.1 cm³/mol. The maximum Gasteiger partial charge on any atom is 0.303 e. The van der Waals surface area contributed by atoms with Gasteiger partial charge in [-0.1, -0.05) is 31.2 Å². The Morgan fingerprint density at radius 1 is 1.47 bits per heavy atom. The van der Waals surface area contributed by atoms with Gasteiger partial charge in [-0.3, -0.25) is 4.79 Å². The van der Waals surface area contributed by atoms with E-state index in [-0.39, 0.29) is 17.8 Å². The zero-order chi connectivity index (χ0) is 12.5. The van der Waals surface area contributed by atoms with Gasteiger partial charge in [-0.05, 0) is 24.0 Å². The second kappa shape index (κ2) is 4.49. The van der Waals surface area contributed by atoms with E-state index in [1.807, 2.05) is 19.1 Å². The molecule has 1 N–H and O–H groups in total. The standard InChI is InChI=1S/C14H18O3/c1-10-5-3-4-6-12(10)14(8-17-9-14)11(2)7-13(15)16/h3-6,11H,7-9H2,1-2H3,(H,15,16). The minimum Gasteiger partial charge on any atom is -0.481 e. The third-order valence-corrected chi connectivity index (χ3v) is 3.82. The highest BCUT2D eigenvalue weighted by Gasteiger charge is 2.46. The number of aliphatic carboxylic acids is 1. The van der Waals surface area contributed by atoms with Gasteiger partial charge in [-0.15, -0.1) is 0 Å². The molecule has 1 aliphatic rings. The Bertz CT molecular complexity index is 421. The predicted octanol–water partition coefficient (Wildman–Crippen LogP) is 2.37. The van der Waals surface area contributed by atoms with Crippen LogP contribution in [0.3, 0.4) is 0 Å². The maximum absolute atomic E-state index is 10.9. The number of carbonyl (C=O) groups is 1. The SMILES string of the molecule is Cc1ccccc1C1(C(C)CC(=O)O)COC1. The number of benzene rings is 1. The van der Waals surface area contributed by atoms with Crippen LogP contribution in [0.1, 0.15) is 24.5 Å². The van der Waals surface area contributed by atoms with Crippen molar-refractivity contribution < 1.29 is 14.6 Å². The van der Waals surface area contributed by atoms with Crippen LogP contribution in [0.25, 0.3) is 0 Å². The van der Waals surface area contributed by atoms with E-state index in [4.69, 9.17) is 9.84 Å². The van der Waals surface area contributed by atoms with Gasteiger partial charge in [0.15, 0.2) is 0 Å². The molecule has 0 aromatic heterocycles. The first kappa shape index (κ1) is 12.1. The number of hydrogen-bond acceptors (Lipinski definition) is 2. The van der Waals surface area contributed by atoms with Crippen LogP contribution in [0.15, 0.2) is 24.3 Å². The van der Waals surface area contributed by atoms with Crippen molar-refractivity contribution in [2.24, 2.45) is 5.92 Å². The third kappa shape index (κ3) is 2.07. The fourth-order valence-corrected chi connectivity index (χ4v) is 2.62. The van der Waals surface area contributed by atoms with Gasteiger partial charge >= 0.3 is 5.97 Å². The van der Waals surface area contributed by atoms with E-state index in [1.54, 1.807) is 0 Å². The number of carboxylic acids is 1. The number of aryl methyl sites for hydroxylation is 1. The summed E-state index contributed by atoms with van der Waals surface area (Å²) in [6, 6.07) is 8.18. The van der Waals surface area contributed by atoms with Crippen LogP contribution >= 0.6 is 0 Å². The quantitative estimate of drug-likeness (QED) is 0.870. The van der Waals surface area contributed by atoms with Crippen molar-refractivity contribution in [3.8, 4) is 0 Å². The topological polar surface area (TPSA) is 46.5 Å². The molecule has 17 heavy (non-hydrogen) atoms. The molecule has 3 heteroatoms. The monoisotopic (exact) mass is 234 g/mol. The minimum atomic E-state index is -0.739. The Morgan fingerprint density at radius 2 is 2.12 bits per heavy atom. The summed E-state index contributed by atoms with van der Waals surface area (Å²) in [5, 5.41) is 8.94. The largest absolute Gasteiger partial charge is 0.481 e. The molecule has 0 bridgehead atoms. The van der Waals surface area contributed by atoms with Gasteiger partial charge in [0.05, 0.1) is 13.2 Å². The molecule has 1 saturated heterocycles. The second-order valence-corrected chi connectivity index (χ2v) is 4.96. The van der Waals surface area contributed by atoms with Crippen molar-refractivity contribution in [3.63, 3.8) is 0 Å². The first-order chi connectivity index (χ1) is 8.06. The Hall–Kier alpha value is -1.35. The summed E-state index contributed by atoms with van der Waals surface area (Å²) < 4.78 is 5.36. The summed E-state index contributed by atoms with van der Waals surface area (Å²) >= 11 is 0. The zero-order valence-electron chi connectivity index (χ0n) is 10.3. The molecule has 1 aromatic carbocycles. The zero-order valence-corrected chi connectivity index (χ0v) is 10.3. The first-order valence-corrected chi connectivity index (χ1v) is 5.92. The number of carboxylic acid groups (broad SMARTS) is 1. The molecular weight excluding hydrogens is 216 g/mol. The summed E-state index contributed by atoms with van der Waals surface area (Å²) in [5.41, 5.74) is 2.34. The van der Waals surface area contributed by atoms with Crippen LogP contribution in [0.5, 0.6) is 0 Å². The number of rotatable bonds is 4. The minimum absolute atomic E-state index is 0.0925. The molecule has 0 saturated carbocycles. The van der Waals surface area contributed by atoms with Gasteiger partial charge in [0, 0.05) is 11.8 Å². The Labute approximate surface area is 101 Å². The molecule has 0 radical (unpaired) electrons. The Morgan fingerprint density at radius 3 is 2.59 bits per heavy atom. The number of hydrogen-bond donors (Lipinski definition) is 1. The van der Waals surface area contributed by atoms with E-state index in [9.17, 15) is 4.79 Å².